The molecule has 6 heteroatoms. The van der Waals surface area contributed by atoms with Crippen molar-refractivity contribution in [2.45, 2.75) is 40.3 Å². The lowest BCUT2D eigenvalue weighted by molar-refractivity contribution is -0.120. The van der Waals surface area contributed by atoms with Crippen molar-refractivity contribution >= 4 is 17.5 Å². The van der Waals surface area contributed by atoms with Crippen molar-refractivity contribution in [3.63, 3.8) is 0 Å². The quantitative estimate of drug-likeness (QED) is 0.739. The van der Waals surface area contributed by atoms with Crippen LogP contribution in [0.1, 0.15) is 31.7 Å². The molecule has 0 saturated carbocycles. The van der Waals surface area contributed by atoms with Gasteiger partial charge in [-0.15, -0.1) is 0 Å². The molecule has 0 aliphatic rings. The second-order valence-electron chi connectivity index (χ2n) is 4.04. The van der Waals surface area contributed by atoms with Gasteiger partial charge in [0.2, 0.25) is 5.91 Å². The number of carbonyl (C=O) groups is 1. The minimum absolute atomic E-state index is 0.0660. The van der Waals surface area contributed by atoms with E-state index in [0.717, 1.165) is 17.9 Å². The lowest BCUT2D eigenvalue weighted by Gasteiger charge is -2.07. The summed E-state index contributed by atoms with van der Waals surface area (Å²) in [6.45, 7) is 8.57. The Morgan fingerprint density at radius 1 is 1.44 bits per heavy atom. The van der Waals surface area contributed by atoms with Gasteiger partial charge in [-0.2, -0.15) is 5.10 Å². The molecule has 1 heterocycles. The largest absolute Gasteiger partial charge is 0.356 e. The highest BCUT2D eigenvalue weighted by Crippen LogP contribution is 2.19. The topological polar surface area (TPSA) is 59.0 Å². The molecule has 0 aliphatic heterocycles. The van der Waals surface area contributed by atoms with Gasteiger partial charge in [-0.05, 0) is 20.8 Å². The molecule has 1 amide bonds. The molecule has 0 spiro atoms. The average Bonchev–Trinajstić information content (AvgIpc) is 2.62. The van der Waals surface area contributed by atoms with E-state index in [4.69, 9.17) is 11.6 Å². The Balaban J connectivity index is 2.42. The van der Waals surface area contributed by atoms with Gasteiger partial charge in [0, 0.05) is 32.6 Å². The fraction of sp³-hybridized carbons (Fsp3) is 0.667. The van der Waals surface area contributed by atoms with Crippen molar-refractivity contribution in [3.8, 4) is 0 Å². The highest BCUT2D eigenvalue weighted by atomic mass is 35.5. The highest BCUT2D eigenvalue weighted by molar-refractivity contribution is 6.31. The van der Waals surface area contributed by atoms with Crippen LogP contribution in [0.3, 0.4) is 0 Å². The molecule has 5 nitrogen and oxygen atoms in total. The molecular formula is C12H21ClN4O. The Bertz CT molecular complexity index is 403. The van der Waals surface area contributed by atoms with E-state index in [1.54, 1.807) is 0 Å². The lowest BCUT2D eigenvalue weighted by Crippen LogP contribution is -2.27. The summed E-state index contributed by atoms with van der Waals surface area (Å²) in [7, 11) is 0. The number of aromatic nitrogens is 2. The third-order valence-electron chi connectivity index (χ3n) is 2.65. The van der Waals surface area contributed by atoms with E-state index in [0.29, 0.717) is 31.1 Å². The number of nitrogens with zero attached hydrogens (tertiary/aromatic N) is 2. The average molecular weight is 273 g/mol. The van der Waals surface area contributed by atoms with Crippen LogP contribution in [0.25, 0.3) is 0 Å². The molecule has 0 saturated heterocycles. The smallest absolute Gasteiger partial charge is 0.221 e. The van der Waals surface area contributed by atoms with Gasteiger partial charge in [-0.1, -0.05) is 11.6 Å². The maximum absolute atomic E-state index is 11.3. The van der Waals surface area contributed by atoms with Gasteiger partial charge in [0.1, 0.15) is 0 Å². The molecule has 1 aromatic heterocycles. The van der Waals surface area contributed by atoms with Gasteiger partial charge in [0.05, 0.1) is 16.4 Å². The molecule has 2 N–H and O–H groups in total. The van der Waals surface area contributed by atoms with Crippen LogP contribution in [0.2, 0.25) is 5.02 Å². The number of nitrogens with one attached hydrogen (secondary N) is 2. The Morgan fingerprint density at radius 2 is 2.17 bits per heavy atom. The maximum Gasteiger partial charge on any atom is 0.221 e. The zero-order valence-corrected chi connectivity index (χ0v) is 12.0. The minimum atomic E-state index is 0.0660. The van der Waals surface area contributed by atoms with Crippen LogP contribution in [-0.2, 0) is 17.9 Å². The Morgan fingerprint density at radius 3 is 2.78 bits per heavy atom. The van der Waals surface area contributed by atoms with Crippen molar-refractivity contribution in [3.05, 3.63) is 16.4 Å². The standard InChI is InChI=1S/C12H21ClN4O/c1-4-15-11(18)6-7-14-8-10-12(13)9(3)16-17(10)5-2/h14H,4-8H2,1-3H3,(H,15,18). The van der Waals surface area contributed by atoms with Crippen LogP contribution in [-0.4, -0.2) is 28.8 Å². The van der Waals surface area contributed by atoms with Crippen molar-refractivity contribution in [1.82, 2.24) is 20.4 Å². The van der Waals surface area contributed by atoms with Crippen LogP contribution >= 0.6 is 11.6 Å². The van der Waals surface area contributed by atoms with Crippen molar-refractivity contribution < 1.29 is 4.79 Å². The zero-order valence-electron chi connectivity index (χ0n) is 11.2. The van der Waals surface area contributed by atoms with E-state index in [9.17, 15) is 4.79 Å². The molecule has 0 unspecified atom stereocenters. The van der Waals surface area contributed by atoms with E-state index >= 15 is 0 Å². The minimum Gasteiger partial charge on any atom is -0.356 e. The number of hydrogen-bond acceptors (Lipinski definition) is 3. The van der Waals surface area contributed by atoms with Gasteiger partial charge < -0.3 is 10.6 Å². The first kappa shape index (κ1) is 15.0. The predicted molar refractivity (Wildman–Crippen MR) is 72.7 cm³/mol. The fourth-order valence-corrected chi connectivity index (χ4v) is 1.93. The predicted octanol–water partition coefficient (Wildman–Crippen LogP) is 1.48. The van der Waals surface area contributed by atoms with Crippen LogP contribution in [0.5, 0.6) is 0 Å². The molecule has 0 radical (unpaired) electrons. The Labute approximate surface area is 113 Å². The van der Waals surface area contributed by atoms with Crippen molar-refractivity contribution in [1.29, 1.82) is 0 Å². The summed E-state index contributed by atoms with van der Waals surface area (Å²) < 4.78 is 1.89. The molecule has 0 aromatic carbocycles. The molecule has 0 atom stereocenters. The number of carbonyl (C=O) groups excluding carboxylic acids is 1. The van der Waals surface area contributed by atoms with Crippen molar-refractivity contribution in [2.75, 3.05) is 13.1 Å². The third-order valence-corrected chi connectivity index (χ3v) is 3.14. The first-order chi connectivity index (χ1) is 8.60. The van der Waals surface area contributed by atoms with E-state index < -0.39 is 0 Å². The number of hydrogen-bond donors (Lipinski definition) is 2. The second kappa shape index (κ2) is 7.38. The molecule has 102 valence electrons. The second-order valence-corrected chi connectivity index (χ2v) is 4.42. The summed E-state index contributed by atoms with van der Waals surface area (Å²) in [6.07, 6.45) is 0.477. The van der Waals surface area contributed by atoms with Gasteiger partial charge in [0.15, 0.2) is 0 Å². The summed E-state index contributed by atoms with van der Waals surface area (Å²) in [5.74, 6) is 0.0660. The molecule has 18 heavy (non-hydrogen) atoms. The first-order valence-corrected chi connectivity index (χ1v) is 6.67. The van der Waals surface area contributed by atoms with Gasteiger partial charge in [0.25, 0.3) is 0 Å². The number of rotatable bonds is 7. The Hall–Kier alpha value is -1.07. The normalized spacial score (nSPS) is 10.7. The third kappa shape index (κ3) is 3.99. The molecule has 1 aromatic rings. The Kier molecular flexibility index (Phi) is 6.15. The van der Waals surface area contributed by atoms with Gasteiger partial charge in [-0.3, -0.25) is 9.48 Å². The van der Waals surface area contributed by atoms with E-state index in [1.165, 1.54) is 0 Å². The number of aryl methyl sites for hydroxylation is 2. The summed E-state index contributed by atoms with van der Waals surface area (Å²) >= 11 is 6.18. The van der Waals surface area contributed by atoms with E-state index in [1.807, 2.05) is 25.5 Å². The number of halogens is 1. The van der Waals surface area contributed by atoms with Crippen LogP contribution in [0, 0.1) is 6.92 Å². The van der Waals surface area contributed by atoms with Crippen LogP contribution in [0.4, 0.5) is 0 Å². The molecule has 0 aliphatic carbocycles. The zero-order chi connectivity index (χ0) is 13.5. The molecule has 1 rings (SSSR count). The van der Waals surface area contributed by atoms with Crippen LogP contribution in [0.15, 0.2) is 0 Å². The summed E-state index contributed by atoms with van der Waals surface area (Å²) in [6, 6.07) is 0. The van der Waals surface area contributed by atoms with E-state index in [2.05, 4.69) is 15.7 Å². The molecular weight excluding hydrogens is 252 g/mol. The maximum atomic E-state index is 11.3. The SMILES string of the molecule is CCNC(=O)CCNCc1c(Cl)c(C)nn1CC. The van der Waals surface area contributed by atoms with Gasteiger partial charge >= 0.3 is 0 Å². The van der Waals surface area contributed by atoms with Gasteiger partial charge in [-0.25, -0.2) is 0 Å². The van der Waals surface area contributed by atoms with Crippen molar-refractivity contribution in [2.24, 2.45) is 0 Å². The summed E-state index contributed by atoms with van der Waals surface area (Å²) in [4.78, 5) is 11.3. The monoisotopic (exact) mass is 272 g/mol. The molecule has 0 bridgehead atoms. The van der Waals surface area contributed by atoms with Crippen LogP contribution < -0.4 is 10.6 Å². The summed E-state index contributed by atoms with van der Waals surface area (Å²) in [5, 5.41) is 11.0. The fourth-order valence-electron chi connectivity index (χ4n) is 1.73. The van der Waals surface area contributed by atoms with E-state index in [-0.39, 0.29) is 5.91 Å². The highest BCUT2D eigenvalue weighted by Gasteiger charge is 2.11. The molecule has 0 fully saturated rings. The number of amides is 1. The first-order valence-electron chi connectivity index (χ1n) is 6.29. The summed E-state index contributed by atoms with van der Waals surface area (Å²) in [5.41, 5.74) is 1.83. The lowest BCUT2D eigenvalue weighted by atomic mass is 10.3.